The van der Waals surface area contributed by atoms with E-state index in [0.29, 0.717) is 12.4 Å². The van der Waals surface area contributed by atoms with Crippen LogP contribution in [0, 0.1) is 0 Å². The van der Waals surface area contributed by atoms with Crippen LogP contribution in [0.1, 0.15) is 12.5 Å². The standard InChI is InChI=1S/C16H21NO4S/c1-3-17(12-14-7-9-20-13-14)8-10-21-15-5-4-6-16(11-15)22(2,18)19/h4-7,9,11,13H,3,8,10,12H2,1-2H3. The van der Waals surface area contributed by atoms with Gasteiger partial charge < -0.3 is 9.15 Å². The Kier molecular flexibility index (Phi) is 5.63. The van der Waals surface area contributed by atoms with Crippen molar-refractivity contribution in [1.29, 1.82) is 0 Å². The lowest BCUT2D eigenvalue weighted by Crippen LogP contribution is -2.27. The average molecular weight is 323 g/mol. The van der Waals surface area contributed by atoms with Crippen molar-refractivity contribution in [3.8, 4) is 5.75 Å². The Hall–Kier alpha value is -1.79. The molecule has 1 aromatic carbocycles. The van der Waals surface area contributed by atoms with Gasteiger partial charge >= 0.3 is 0 Å². The Morgan fingerprint density at radius 3 is 2.73 bits per heavy atom. The maximum atomic E-state index is 11.5. The Morgan fingerprint density at radius 2 is 2.09 bits per heavy atom. The van der Waals surface area contributed by atoms with Crippen LogP contribution in [0.3, 0.4) is 0 Å². The molecule has 22 heavy (non-hydrogen) atoms. The van der Waals surface area contributed by atoms with Crippen molar-refractivity contribution in [2.75, 3.05) is 26.0 Å². The highest BCUT2D eigenvalue weighted by Crippen LogP contribution is 2.17. The van der Waals surface area contributed by atoms with E-state index in [-0.39, 0.29) is 4.90 Å². The zero-order valence-corrected chi connectivity index (χ0v) is 13.7. The summed E-state index contributed by atoms with van der Waals surface area (Å²) in [6.45, 7) is 5.05. The van der Waals surface area contributed by atoms with Gasteiger partial charge in [0.1, 0.15) is 12.4 Å². The summed E-state index contributed by atoms with van der Waals surface area (Å²) in [7, 11) is -3.21. The SMILES string of the molecule is CCN(CCOc1cccc(S(C)(=O)=O)c1)Cc1ccoc1. The second kappa shape index (κ2) is 7.47. The van der Waals surface area contributed by atoms with E-state index in [1.807, 2.05) is 6.07 Å². The molecule has 0 atom stereocenters. The molecule has 0 amide bonds. The number of nitrogens with zero attached hydrogens (tertiary/aromatic N) is 1. The second-order valence-electron chi connectivity index (χ2n) is 5.10. The summed E-state index contributed by atoms with van der Waals surface area (Å²) in [6.07, 6.45) is 4.59. The monoisotopic (exact) mass is 323 g/mol. The minimum atomic E-state index is -3.21. The van der Waals surface area contributed by atoms with E-state index in [1.165, 1.54) is 6.26 Å². The van der Waals surface area contributed by atoms with E-state index in [4.69, 9.17) is 9.15 Å². The quantitative estimate of drug-likeness (QED) is 0.747. The van der Waals surface area contributed by atoms with E-state index >= 15 is 0 Å². The van der Waals surface area contributed by atoms with Crippen LogP contribution in [0.4, 0.5) is 0 Å². The van der Waals surface area contributed by atoms with Gasteiger partial charge in [-0.15, -0.1) is 0 Å². The summed E-state index contributed by atoms with van der Waals surface area (Å²) in [5.41, 5.74) is 1.13. The van der Waals surface area contributed by atoms with Gasteiger partial charge in [-0.1, -0.05) is 13.0 Å². The van der Waals surface area contributed by atoms with E-state index < -0.39 is 9.84 Å². The molecule has 0 saturated carbocycles. The zero-order chi connectivity index (χ0) is 16.0. The maximum Gasteiger partial charge on any atom is 0.175 e. The molecule has 0 aliphatic heterocycles. The van der Waals surface area contributed by atoms with Crippen molar-refractivity contribution in [1.82, 2.24) is 4.90 Å². The van der Waals surface area contributed by atoms with Gasteiger partial charge in [0.2, 0.25) is 0 Å². The van der Waals surface area contributed by atoms with Crippen LogP contribution < -0.4 is 4.74 Å². The van der Waals surface area contributed by atoms with E-state index in [9.17, 15) is 8.42 Å². The predicted octanol–water partition coefficient (Wildman–Crippen LogP) is 2.58. The molecule has 0 saturated heterocycles. The van der Waals surface area contributed by atoms with Gasteiger partial charge in [0.05, 0.1) is 17.4 Å². The number of ether oxygens (including phenoxy) is 1. The number of likely N-dealkylation sites (N-methyl/N-ethyl adjacent to an activating group) is 1. The first-order valence-corrected chi connectivity index (χ1v) is 9.04. The molecular formula is C16H21NO4S. The third-order valence-electron chi connectivity index (χ3n) is 3.34. The third-order valence-corrected chi connectivity index (χ3v) is 4.45. The molecule has 6 heteroatoms. The molecule has 120 valence electrons. The molecule has 0 spiro atoms. The van der Waals surface area contributed by atoms with E-state index in [2.05, 4.69) is 11.8 Å². The minimum Gasteiger partial charge on any atom is -0.492 e. The molecule has 0 fully saturated rings. The second-order valence-corrected chi connectivity index (χ2v) is 7.11. The molecular weight excluding hydrogens is 302 g/mol. The van der Waals surface area contributed by atoms with Gasteiger partial charge in [-0.2, -0.15) is 0 Å². The molecule has 0 aliphatic carbocycles. The van der Waals surface area contributed by atoms with Crippen LogP contribution in [0.5, 0.6) is 5.75 Å². The van der Waals surface area contributed by atoms with Gasteiger partial charge in [-0.25, -0.2) is 8.42 Å². The fraction of sp³-hybridized carbons (Fsp3) is 0.375. The number of benzene rings is 1. The number of furan rings is 1. The molecule has 0 radical (unpaired) electrons. The lowest BCUT2D eigenvalue weighted by molar-refractivity contribution is 0.209. The van der Waals surface area contributed by atoms with Crippen LogP contribution in [0.25, 0.3) is 0 Å². The van der Waals surface area contributed by atoms with Crippen molar-refractivity contribution >= 4 is 9.84 Å². The van der Waals surface area contributed by atoms with Gasteiger partial charge in [0.15, 0.2) is 9.84 Å². The summed E-state index contributed by atoms with van der Waals surface area (Å²) < 4.78 is 33.8. The first-order chi connectivity index (χ1) is 10.5. The maximum absolute atomic E-state index is 11.5. The predicted molar refractivity (Wildman–Crippen MR) is 84.7 cm³/mol. The molecule has 0 N–H and O–H groups in total. The first-order valence-electron chi connectivity index (χ1n) is 7.15. The number of rotatable bonds is 8. The van der Waals surface area contributed by atoms with Crippen LogP contribution in [-0.4, -0.2) is 39.3 Å². The number of hydrogen-bond donors (Lipinski definition) is 0. The molecule has 5 nitrogen and oxygen atoms in total. The number of sulfone groups is 1. The molecule has 0 bridgehead atoms. The summed E-state index contributed by atoms with van der Waals surface area (Å²) in [4.78, 5) is 2.50. The van der Waals surface area contributed by atoms with E-state index in [1.54, 1.807) is 36.8 Å². The highest BCUT2D eigenvalue weighted by atomic mass is 32.2. The lowest BCUT2D eigenvalue weighted by atomic mass is 10.3. The summed E-state index contributed by atoms with van der Waals surface area (Å²) in [5, 5.41) is 0. The molecule has 0 unspecified atom stereocenters. The van der Waals surface area contributed by atoms with E-state index in [0.717, 1.165) is 25.2 Å². The smallest absolute Gasteiger partial charge is 0.175 e. The zero-order valence-electron chi connectivity index (χ0n) is 12.9. The summed E-state index contributed by atoms with van der Waals surface area (Å²) >= 11 is 0. The Morgan fingerprint density at radius 1 is 1.27 bits per heavy atom. The van der Waals surface area contributed by atoms with Crippen molar-refractivity contribution in [3.05, 3.63) is 48.4 Å². The van der Waals surface area contributed by atoms with Crippen LogP contribution >= 0.6 is 0 Å². The fourth-order valence-corrected chi connectivity index (χ4v) is 2.73. The first kappa shape index (κ1) is 16.6. The highest BCUT2D eigenvalue weighted by molar-refractivity contribution is 7.90. The lowest BCUT2D eigenvalue weighted by Gasteiger charge is -2.19. The van der Waals surface area contributed by atoms with Gasteiger partial charge in [-0.05, 0) is 30.8 Å². The fourth-order valence-electron chi connectivity index (χ4n) is 2.08. The Labute approximate surface area is 131 Å². The summed E-state index contributed by atoms with van der Waals surface area (Å²) in [5.74, 6) is 0.572. The molecule has 2 aromatic rings. The average Bonchev–Trinajstić information content (AvgIpc) is 2.98. The van der Waals surface area contributed by atoms with Crippen LogP contribution in [-0.2, 0) is 16.4 Å². The van der Waals surface area contributed by atoms with Crippen LogP contribution in [0.2, 0.25) is 0 Å². The largest absolute Gasteiger partial charge is 0.492 e. The van der Waals surface area contributed by atoms with Gasteiger partial charge in [0.25, 0.3) is 0 Å². The topological polar surface area (TPSA) is 59.8 Å². The van der Waals surface area contributed by atoms with Gasteiger partial charge in [-0.3, -0.25) is 4.90 Å². The Balaban J connectivity index is 1.87. The van der Waals surface area contributed by atoms with Gasteiger partial charge in [0, 0.05) is 24.9 Å². The normalized spacial score (nSPS) is 11.8. The summed E-state index contributed by atoms with van der Waals surface area (Å²) in [6, 6.07) is 8.52. The Bertz CT molecular complexity index is 680. The molecule has 1 aromatic heterocycles. The molecule has 1 heterocycles. The van der Waals surface area contributed by atoms with Crippen molar-refractivity contribution in [2.45, 2.75) is 18.4 Å². The molecule has 2 rings (SSSR count). The molecule has 0 aliphatic rings. The van der Waals surface area contributed by atoms with Crippen molar-refractivity contribution in [2.24, 2.45) is 0 Å². The van der Waals surface area contributed by atoms with Crippen molar-refractivity contribution in [3.63, 3.8) is 0 Å². The third kappa shape index (κ3) is 4.89. The minimum absolute atomic E-state index is 0.274. The van der Waals surface area contributed by atoms with Crippen molar-refractivity contribution < 1.29 is 17.6 Å². The number of hydrogen-bond acceptors (Lipinski definition) is 5. The van der Waals surface area contributed by atoms with Crippen LogP contribution in [0.15, 0.2) is 52.2 Å². The highest BCUT2D eigenvalue weighted by Gasteiger charge is 2.09.